The fourth-order valence-electron chi connectivity index (χ4n) is 2.78. The van der Waals surface area contributed by atoms with Gasteiger partial charge < -0.3 is 5.73 Å². The van der Waals surface area contributed by atoms with Crippen molar-refractivity contribution in [2.75, 3.05) is 13.1 Å². The molecule has 1 aromatic heterocycles. The number of aryl methyl sites for hydroxylation is 1. The number of hydrogen-bond acceptors (Lipinski definition) is 3. The van der Waals surface area contributed by atoms with Crippen LogP contribution < -0.4 is 5.73 Å². The van der Waals surface area contributed by atoms with Gasteiger partial charge in [0.25, 0.3) is 0 Å². The van der Waals surface area contributed by atoms with E-state index in [0.717, 1.165) is 23.4 Å². The predicted octanol–water partition coefficient (Wildman–Crippen LogP) is 2.84. The van der Waals surface area contributed by atoms with Crippen molar-refractivity contribution in [3.63, 3.8) is 0 Å². The van der Waals surface area contributed by atoms with Crippen LogP contribution in [0.4, 0.5) is 0 Å². The molecule has 5 nitrogen and oxygen atoms in total. The van der Waals surface area contributed by atoms with Crippen molar-refractivity contribution in [3.05, 3.63) is 52.3 Å². The van der Waals surface area contributed by atoms with Crippen LogP contribution in [0.5, 0.6) is 0 Å². The van der Waals surface area contributed by atoms with Crippen LogP contribution in [-0.4, -0.2) is 33.7 Å². The Balaban J connectivity index is 2.19. The SMILES string of the molecule is Cc1nn(Cc2ccccc2)c(Cl)c1CN(CC(N)=O)CC(C)C. The molecule has 1 heterocycles. The van der Waals surface area contributed by atoms with Gasteiger partial charge in [-0.1, -0.05) is 55.8 Å². The van der Waals surface area contributed by atoms with E-state index in [1.807, 2.05) is 42.2 Å². The third-order valence-electron chi connectivity index (χ3n) is 3.74. The van der Waals surface area contributed by atoms with Crippen LogP contribution in [0.1, 0.15) is 30.7 Å². The van der Waals surface area contributed by atoms with E-state index in [9.17, 15) is 4.79 Å². The lowest BCUT2D eigenvalue weighted by Gasteiger charge is -2.22. The van der Waals surface area contributed by atoms with Crippen molar-refractivity contribution in [3.8, 4) is 0 Å². The number of halogens is 1. The van der Waals surface area contributed by atoms with E-state index in [-0.39, 0.29) is 12.5 Å². The van der Waals surface area contributed by atoms with Crippen molar-refractivity contribution in [1.29, 1.82) is 0 Å². The standard InChI is InChI=1S/C18H25ClN4O/c1-13(2)9-22(12-17(20)24)11-16-14(3)21-23(18(16)19)10-15-7-5-4-6-8-15/h4-8,13H,9-12H2,1-3H3,(H2,20,24). The molecule has 1 amide bonds. The summed E-state index contributed by atoms with van der Waals surface area (Å²) < 4.78 is 1.80. The summed E-state index contributed by atoms with van der Waals surface area (Å²) in [5, 5.41) is 5.18. The number of nitrogens with two attached hydrogens (primary N) is 1. The zero-order chi connectivity index (χ0) is 17.7. The van der Waals surface area contributed by atoms with Gasteiger partial charge in [-0.15, -0.1) is 0 Å². The number of rotatable bonds is 8. The number of carbonyl (C=O) groups is 1. The minimum Gasteiger partial charge on any atom is -0.369 e. The molecule has 2 N–H and O–H groups in total. The molecular weight excluding hydrogens is 324 g/mol. The van der Waals surface area contributed by atoms with Crippen LogP contribution in [0.25, 0.3) is 0 Å². The fourth-order valence-corrected chi connectivity index (χ4v) is 3.07. The minimum absolute atomic E-state index is 0.220. The Hall–Kier alpha value is -1.85. The highest BCUT2D eigenvalue weighted by Crippen LogP contribution is 2.23. The molecule has 0 saturated heterocycles. The molecule has 0 fully saturated rings. The van der Waals surface area contributed by atoms with Gasteiger partial charge in [-0.2, -0.15) is 5.10 Å². The lowest BCUT2D eigenvalue weighted by atomic mass is 10.1. The molecular formula is C18H25ClN4O. The Kier molecular flexibility index (Phi) is 6.40. The minimum atomic E-state index is -0.332. The summed E-state index contributed by atoms with van der Waals surface area (Å²) in [7, 11) is 0. The van der Waals surface area contributed by atoms with Crippen LogP contribution in [0.15, 0.2) is 30.3 Å². The van der Waals surface area contributed by atoms with Gasteiger partial charge in [0.15, 0.2) is 0 Å². The zero-order valence-electron chi connectivity index (χ0n) is 14.5. The van der Waals surface area contributed by atoms with E-state index in [4.69, 9.17) is 17.3 Å². The molecule has 0 aliphatic carbocycles. The summed E-state index contributed by atoms with van der Waals surface area (Å²) in [6.45, 7) is 8.37. The lowest BCUT2D eigenvalue weighted by Crippen LogP contribution is -2.35. The third kappa shape index (κ3) is 5.08. The molecule has 1 aromatic carbocycles. The summed E-state index contributed by atoms with van der Waals surface area (Å²) in [6.07, 6.45) is 0. The molecule has 0 spiro atoms. The van der Waals surface area contributed by atoms with Gasteiger partial charge in [-0.3, -0.25) is 9.69 Å². The molecule has 0 aliphatic rings. The van der Waals surface area contributed by atoms with Gasteiger partial charge in [0.1, 0.15) is 5.15 Å². The first-order valence-corrected chi connectivity index (χ1v) is 8.51. The average molecular weight is 349 g/mol. The van der Waals surface area contributed by atoms with Crippen molar-refractivity contribution < 1.29 is 4.79 Å². The van der Waals surface area contributed by atoms with E-state index in [1.54, 1.807) is 4.68 Å². The van der Waals surface area contributed by atoms with Crippen LogP contribution in [0.2, 0.25) is 5.15 Å². The van der Waals surface area contributed by atoms with Gasteiger partial charge >= 0.3 is 0 Å². The number of aromatic nitrogens is 2. The maximum Gasteiger partial charge on any atom is 0.231 e. The number of benzene rings is 1. The second-order valence-electron chi connectivity index (χ2n) is 6.53. The summed E-state index contributed by atoms with van der Waals surface area (Å²) in [6, 6.07) is 10.1. The van der Waals surface area contributed by atoms with E-state index < -0.39 is 0 Å². The number of amides is 1. The highest BCUT2D eigenvalue weighted by atomic mass is 35.5. The molecule has 0 bridgehead atoms. The Morgan fingerprint density at radius 1 is 1.33 bits per heavy atom. The van der Waals surface area contributed by atoms with Crippen molar-refractivity contribution in [2.24, 2.45) is 11.7 Å². The van der Waals surface area contributed by atoms with Crippen molar-refractivity contribution in [1.82, 2.24) is 14.7 Å². The average Bonchev–Trinajstić information content (AvgIpc) is 2.74. The van der Waals surface area contributed by atoms with Gasteiger partial charge in [0.2, 0.25) is 5.91 Å². The maximum absolute atomic E-state index is 11.3. The van der Waals surface area contributed by atoms with Crippen molar-refractivity contribution >= 4 is 17.5 Å². The first-order chi connectivity index (χ1) is 11.4. The third-order valence-corrected chi connectivity index (χ3v) is 4.17. The van der Waals surface area contributed by atoms with E-state index >= 15 is 0 Å². The van der Waals surface area contributed by atoms with E-state index in [0.29, 0.717) is 24.2 Å². The Bertz CT molecular complexity index is 682. The summed E-state index contributed by atoms with van der Waals surface area (Å²) in [5.74, 6) is 0.101. The monoisotopic (exact) mass is 348 g/mol. The zero-order valence-corrected chi connectivity index (χ0v) is 15.3. The smallest absolute Gasteiger partial charge is 0.231 e. The second-order valence-corrected chi connectivity index (χ2v) is 6.89. The normalized spacial score (nSPS) is 11.4. The predicted molar refractivity (Wildman–Crippen MR) is 96.8 cm³/mol. The van der Waals surface area contributed by atoms with E-state index in [1.165, 1.54) is 0 Å². The fraction of sp³-hybridized carbons (Fsp3) is 0.444. The molecule has 0 unspecified atom stereocenters. The number of hydrogen-bond donors (Lipinski definition) is 1. The highest BCUT2D eigenvalue weighted by Gasteiger charge is 2.18. The quantitative estimate of drug-likeness (QED) is 0.797. The Morgan fingerprint density at radius 2 is 2.00 bits per heavy atom. The molecule has 0 saturated carbocycles. The van der Waals surface area contributed by atoms with Crippen molar-refractivity contribution in [2.45, 2.75) is 33.9 Å². The first-order valence-electron chi connectivity index (χ1n) is 8.13. The molecule has 0 aliphatic heterocycles. The van der Waals surface area contributed by atoms with Gasteiger partial charge in [-0.25, -0.2) is 4.68 Å². The van der Waals surface area contributed by atoms with Crippen LogP contribution >= 0.6 is 11.6 Å². The molecule has 2 aromatic rings. The van der Waals surface area contributed by atoms with Gasteiger partial charge in [-0.05, 0) is 18.4 Å². The van der Waals surface area contributed by atoms with Gasteiger partial charge in [0, 0.05) is 18.7 Å². The number of carbonyl (C=O) groups excluding carboxylic acids is 1. The molecule has 0 atom stereocenters. The van der Waals surface area contributed by atoms with Crippen LogP contribution in [0.3, 0.4) is 0 Å². The topological polar surface area (TPSA) is 64.2 Å². The Labute approximate surface area is 148 Å². The molecule has 130 valence electrons. The molecule has 0 radical (unpaired) electrons. The first kappa shape index (κ1) is 18.5. The number of nitrogens with zero attached hydrogens (tertiary/aromatic N) is 3. The van der Waals surface area contributed by atoms with E-state index in [2.05, 4.69) is 18.9 Å². The maximum atomic E-state index is 11.3. The second kappa shape index (κ2) is 8.31. The summed E-state index contributed by atoms with van der Waals surface area (Å²) in [4.78, 5) is 13.3. The summed E-state index contributed by atoms with van der Waals surface area (Å²) in [5.41, 5.74) is 8.35. The Morgan fingerprint density at radius 3 is 2.58 bits per heavy atom. The van der Waals surface area contributed by atoms with Crippen LogP contribution in [0, 0.1) is 12.8 Å². The number of primary amides is 1. The molecule has 24 heavy (non-hydrogen) atoms. The lowest BCUT2D eigenvalue weighted by molar-refractivity contribution is -0.119. The summed E-state index contributed by atoms with van der Waals surface area (Å²) >= 11 is 6.55. The van der Waals surface area contributed by atoms with Crippen LogP contribution in [-0.2, 0) is 17.9 Å². The largest absolute Gasteiger partial charge is 0.369 e. The molecule has 2 rings (SSSR count). The van der Waals surface area contributed by atoms with Gasteiger partial charge in [0.05, 0.1) is 18.8 Å². The molecule has 6 heteroatoms. The highest BCUT2D eigenvalue weighted by molar-refractivity contribution is 6.30.